The highest BCUT2D eigenvalue weighted by atomic mass is 35.5. The molecule has 1 aliphatic heterocycles. The summed E-state index contributed by atoms with van der Waals surface area (Å²) in [6.07, 6.45) is -5.95. The van der Waals surface area contributed by atoms with Crippen molar-refractivity contribution in [2.75, 3.05) is 19.8 Å². The summed E-state index contributed by atoms with van der Waals surface area (Å²) in [4.78, 5) is 0. The number of ether oxygens (including phenoxy) is 2. The Morgan fingerprint density at radius 1 is 1.00 bits per heavy atom. The molecule has 0 saturated carbocycles. The van der Waals surface area contributed by atoms with Crippen LogP contribution in [-0.2, 0) is 11.2 Å². The van der Waals surface area contributed by atoms with Crippen molar-refractivity contribution in [2.45, 2.75) is 56.9 Å². The molecule has 0 aliphatic carbocycles. The molecule has 1 saturated heterocycles. The van der Waals surface area contributed by atoms with E-state index in [0.29, 0.717) is 23.6 Å². The first-order chi connectivity index (χ1) is 15.7. The molecule has 10 heteroatoms. The quantitative estimate of drug-likeness (QED) is 0.315. The van der Waals surface area contributed by atoms with Crippen molar-refractivity contribution in [2.24, 2.45) is 0 Å². The molecule has 0 aromatic heterocycles. The molecule has 0 radical (unpaired) electrons. The smallest absolute Gasteiger partial charge is 0.119 e. The van der Waals surface area contributed by atoms with Crippen molar-refractivity contribution in [3.63, 3.8) is 0 Å². The summed E-state index contributed by atoms with van der Waals surface area (Å²) in [6, 6.07) is 12.9. The number of benzene rings is 2. The predicted molar refractivity (Wildman–Crippen MR) is 127 cm³/mol. The lowest BCUT2D eigenvalue weighted by atomic mass is 9.90. The van der Waals surface area contributed by atoms with Crippen LogP contribution in [0.5, 0.6) is 5.75 Å². The van der Waals surface area contributed by atoms with Gasteiger partial charge in [-0.2, -0.15) is 0 Å². The minimum Gasteiger partial charge on any atom is -0.494 e. The van der Waals surface area contributed by atoms with E-state index in [2.05, 4.69) is 0 Å². The minimum atomic E-state index is -1.42. The van der Waals surface area contributed by atoms with E-state index in [4.69, 9.17) is 31.3 Å². The van der Waals surface area contributed by atoms with E-state index < -0.39 is 43.2 Å². The van der Waals surface area contributed by atoms with Crippen LogP contribution in [0.15, 0.2) is 42.5 Å². The first-order valence-corrected chi connectivity index (χ1v) is 11.2. The molecule has 34 heavy (non-hydrogen) atoms. The zero-order chi connectivity index (χ0) is 24.5. The molecule has 2 aromatic carbocycles. The van der Waals surface area contributed by atoms with Gasteiger partial charge in [0, 0.05) is 5.02 Å². The third kappa shape index (κ3) is 8.16. The van der Waals surface area contributed by atoms with Gasteiger partial charge in [-0.25, -0.2) is 0 Å². The topological polar surface area (TPSA) is 171 Å². The average Bonchev–Trinajstić information content (AvgIpc) is 2.81. The van der Waals surface area contributed by atoms with Crippen LogP contribution in [0.3, 0.4) is 0 Å². The Hall–Kier alpha value is -1.79. The normalized spacial score (nSPS) is 24.9. The van der Waals surface area contributed by atoms with Gasteiger partial charge in [-0.1, -0.05) is 35.9 Å². The first kappa shape index (κ1) is 30.2. The van der Waals surface area contributed by atoms with Crippen molar-refractivity contribution in [1.29, 1.82) is 0 Å². The van der Waals surface area contributed by atoms with Crippen molar-refractivity contribution in [3.05, 3.63) is 64.2 Å². The van der Waals surface area contributed by atoms with E-state index in [1.807, 2.05) is 37.3 Å². The van der Waals surface area contributed by atoms with Gasteiger partial charge in [0.15, 0.2) is 0 Å². The molecular weight excluding hydrogens is 468 g/mol. The van der Waals surface area contributed by atoms with Gasteiger partial charge in [0.25, 0.3) is 0 Å². The summed E-state index contributed by atoms with van der Waals surface area (Å²) in [5.41, 5.74) is 2.49. The van der Waals surface area contributed by atoms with E-state index in [9.17, 15) is 20.4 Å². The Morgan fingerprint density at radius 2 is 1.62 bits per heavy atom. The molecule has 0 unspecified atom stereocenters. The highest BCUT2D eigenvalue weighted by molar-refractivity contribution is 6.31. The fourth-order valence-corrected chi connectivity index (χ4v) is 3.56. The van der Waals surface area contributed by atoms with Gasteiger partial charge >= 0.3 is 0 Å². The van der Waals surface area contributed by atoms with Crippen LogP contribution in [0.2, 0.25) is 5.02 Å². The second-order valence-electron chi connectivity index (χ2n) is 7.89. The second kappa shape index (κ2) is 14.6. The first-order valence-electron chi connectivity index (χ1n) is 10.8. The Bertz CT molecular complexity index is 845. The maximum Gasteiger partial charge on any atom is 0.119 e. The van der Waals surface area contributed by atoms with Crippen molar-refractivity contribution >= 4 is 11.6 Å². The van der Waals surface area contributed by atoms with Crippen LogP contribution < -0.4 is 4.74 Å². The summed E-state index contributed by atoms with van der Waals surface area (Å²) in [7, 11) is 0. The third-order valence-corrected chi connectivity index (χ3v) is 5.55. The number of hydrogen-bond donors (Lipinski definition) is 6. The van der Waals surface area contributed by atoms with E-state index >= 15 is 0 Å². The Morgan fingerprint density at radius 3 is 2.15 bits per heavy atom. The van der Waals surface area contributed by atoms with Gasteiger partial charge in [0.1, 0.15) is 36.3 Å². The summed E-state index contributed by atoms with van der Waals surface area (Å²) in [5.74, 6) is 0.799. The molecule has 0 amide bonds. The molecule has 2 aromatic rings. The van der Waals surface area contributed by atoms with Crippen LogP contribution in [0, 0.1) is 0 Å². The fourth-order valence-electron chi connectivity index (χ4n) is 3.37. The maximum atomic E-state index is 10.3. The molecule has 3 rings (SSSR count). The molecule has 192 valence electrons. The van der Waals surface area contributed by atoms with Crippen molar-refractivity contribution in [3.8, 4) is 5.75 Å². The zero-order valence-corrected chi connectivity index (χ0v) is 20.0. The van der Waals surface area contributed by atoms with Gasteiger partial charge in [-0.3, -0.25) is 0 Å². The lowest BCUT2D eigenvalue weighted by Crippen LogP contribution is -2.55. The van der Waals surface area contributed by atoms with Crippen LogP contribution in [0.4, 0.5) is 0 Å². The Balaban J connectivity index is 0.000000873. The molecule has 1 fully saturated rings. The Kier molecular flexibility index (Phi) is 13.0. The lowest BCUT2D eigenvalue weighted by molar-refractivity contribution is -0.231. The predicted octanol–water partition coefficient (Wildman–Crippen LogP) is 0.379. The maximum absolute atomic E-state index is 10.3. The van der Waals surface area contributed by atoms with Crippen LogP contribution in [0.1, 0.15) is 36.6 Å². The summed E-state index contributed by atoms with van der Waals surface area (Å²) in [6.45, 7) is 3.46. The van der Waals surface area contributed by atoms with Gasteiger partial charge in [0.05, 0.1) is 25.9 Å². The summed E-state index contributed by atoms with van der Waals surface area (Å²) < 4.78 is 11.1. The molecule has 0 bridgehead atoms. The zero-order valence-electron chi connectivity index (χ0n) is 19.2. The van der Waals surface area contributed by atoms with E-state index in [0.717, 1.165) is 16.9 Å². The van der Waals surface area contributed by atoms with E-state index in [-0.39, 0.29) is 12.1 Å². The number of rotatable bonds is 7. The highest BCUT2D eigenvalue weighted by Gasteiger charge is 2.44. The molecule has 1 aliphatic rings. The van der Waals surface area contributed by atoms with Gasteiger partial charge in [-0.15, -0.1) is 0 Å². The molecular formula is C24H35ClO9. The molecule has 6 atom stereocenters. The molecule has 0 spiro atoms. The summed E-state index contributed by atoms with van der Waals surface area (Å²) >= 11 is 6.35. The highest BCUT2D eigenvalue weighted by Crippen LogP contribution is 2.34. The number of aliphatic hydroxyl groups is 6. The van der Waals surface area contributed by atoms with Crippen LogP contribution in [-0.4, -0.2) is 86.5 Å². The van der Waals surface area contributed by atoms with Gasteiger partial charge < -0.3 is 45.6 Å². The average molecular weight is 503 g/mol. The monoisotopic (exact) mass is 502 g/mol. The number of hydrogen-bond acceptors (Lipinski definition) is 8. The summed E-state index contributed by atoms with van der Waals surface area (Å²) in [5, 5.41) is 56.3. The molecule has 1 heterocycles. The minimum absolute atomic E-state index is 0. The fraction of sp³-hybridized carbons (Fsp3) is 0.500. The third-order valence-electron chi connectivity index (χ3n) is 5.18. The van der Waals surface area contributed by atoms with E-state index in [1.165, 1.54) is 6.92 Å². The van der Waals surface area contributed by atoms with Crippen molar-refractivity contribution in [1.82, 2.24) is 0 Å². The van der Waals surface area contributed by atoms with Crippen molar-refractivity contribution < 1.29 is 45.6 Å². The number of halogens is 1. The lowest BCUT2D eigenvalue weighted by Gasteiger charge is -2.40. The molecule has 9 nitrogen and oxygen atoms in total. The second-order valence-corrected chi connectivity index (χ2v) is 8.29. The van der Waals surface area contributed by atoms with E-state index in [1.54, 1.807) is 12.1 Å². The van der Waals surface area contributed by atoms with Crippen LogP contribution in [0.25, 0.3) is 0 Å². The number of aliphatic hydroxyl groups excluding tert-OH is 6. The van der Waals surface area contributed by atoms with Gasteiger partial charge in [0.2, 0.25) is 0 Å². The van der Waals surface area contributed by atoms with Gasteiger partial charge in [-0.05, 0) is 55.2 Å². The SMILES string of the molecule is CCOc1ccc(Cc2cc([C@@H]3O[C@@H](CO)[C@@H](O)[C@H](O)[C@H]3O)ccc2Cl)cc1.C[C@H](O)CO.O. The largest absolute Gasteiger partial charge is 0.494 e. The standard InChI is InChI=1S/C21H25ClO6.C3H8O2.H2O/c1-2-27-15-6-3-12(4-7-15)9-14-10-13(5-8-16(14)22)21-20(26)19(25)18(24)17(11-23)28-21;1-3(5)2-4;/h3-8,10,17-21,23-26H,2,9,11H2,1H3;3-5H,2H2,1H3;1H2/t17-,18+,19-,20+,21-;3-;/m00./s1. The Labute approximate surface area is 204 Å². The molecule has 8 N–H and O–H groups in total. The van der Waals surface area contributed by atoms with Crippen LogP contribution >= 0.6 is 11.6 Å².